The number of H-pyrrole nitrogens is 1. The summed E-state index contributed by atoms with van der Waals surface area (Å²) in [5, 5.41) is 0. The summed E-state index contributed by atoms with van der Waals surface area (Å²) in [5.41, 5.74) is 0. The molecule has 0 radical (unpaired) electrons. The smallest absolute Gasteiger partial charge is 0.102 e. The first-order valence-corrected chi connectivity index (χ1v) is 7.36. The summed E-state index contributed by atoms with van der Waals surface area (Å²) in [4.78, 5) is 6.75. The van der Waals surface area contributed by atoms with E-state index in [1.165, 1.54) is 25.7 Å². The lowest BCUT2D eigenvalue weighted by Crippen LogP contribution is -1.95. The largest absolute Gasteiger partial charge is 0.381 e. The third kappa shape index (κ3) is 17.1. The number of aromatic nitrogens is 2. The fourth-order valence-electron chi connectivity index (χ4n) is 1.04. The van der Waals surface area contributed by atoms with Crippen LogP contribution in [0.15, 0.2) is 12.4 Å². The second kappa shape index (κ2) is 13.6. The molecule has 1 aliphatic heterocycles. The quantitative estimate of drug-likeness (QED) is 0.633. The van der Waals surface area contributed by atoms with Crippen LogP contribution in [0.1, 0.15) is 52.3 Å². The van der Waals surface area contributed by atoms with Gasteiger partial charge in [0.05, 0.1) is 12.7 Å². The first kappa shape index (κ1) is 18.1. The molecule has 4 nitrogen and oxygen atoms in total. The van der Waals surface area contributed by atoms with Crippen molar-refractivity contribution < 1.29 is 9.47 Å². The van der Waals surface area contributed by atoms with Gasteiger partial charge in [0, 0.05) is 25.6 Å². The maximum absolute atomic E-state index is 5.31. The number of aryl methyl sites for hydroxylation is 1. The van der Waals surface area contributed by atoms with Gasteiger partial charge in [-0.25, -0.2) is 4.98 Å². The molecule has 0 bridgehead atoms. The molecular weight excluding hydrogens is 240 g/mol. The molecular formula is C15H30N2O2. The summed E-state index contributed by atoms with van der Waals surface area (Å²) in [5.74, 6) is 0.968. The molecule has 1 unspecified atom stereocenters. The van der Waals surface area contributed by atoms with Crippen LogP contribution >= 0.6 is 0 Å². The van der Waals surface area contributed by atoms with E-state index in [0.717, 1.165) is 25.6 Å². The Morgan fingerprint density at radius 3 is 2.05 bits per heavy atom. The van der Waals surface area contributed by atoms with Crippen molar-refractivity contribution >= 4 is 0 Å². The van der Waals surface area contributed by atoms with Crippen LogP contribution in [-0.2, 0) is 9.47 Å². The number of imidazole rings is 1. The Hall–Kier alpha value is -0.870. The van der Waals surface area contributed by atoms with Gasteiger partial charge in [-0.05, 0) is 26.7 Å². The van der Waals surface area contributed by atoms with Crippen LogP contribution in [0.3, 0.4) is 0 Å². The van der Waals surface area contributed by atoms with Crippen LogP contribution in [0.5, 0.6) is 0 Å². The molecule has 0 amide bonds. The highest BCUT2D eigenvalue weighted by Crippen LogP contribution is 2.04. The molecule has 1 fully saturated rings. The van der Waals surface area contributed by atoms with Gasteiger partial charge in [-0.1, -0.05) is 26.7 Å². The zero-order valence-corrected chi connectivity index (χ0v) is 12.9. The predicted octanol–water partition coefficient (Wildman–Crippen LogP) is 3.73. The molecule has 1 saturated heterocycles. The zero-order valence-electron chi connectivity index (χ0n) is 12.9. The zero-order chi connectivity index (χ0) is 14.3. The molecule has 1 aromatic heterocycles. The van der Waals surface area contributed by atoms with Crippen molar-refractivity contribution in [3.05, 3.63) is 18.2 Å². The van der Waals surface area contributed by atoms with E-state index < -0.39 is 0 Å². The van der Waals surface area contributed by atoms with Crippen molar-refractivity contribution in [1.82, 2.24) is 9.97 Å². The van der Waals surface area contributed by atoms with Crippen molar-refractivity contribution in [2.24, 2.45) is 0 Å². The average Bonchev–Trinajstić information content (AvgIpc) is 3.03. The first-order chi connectivity index (χ1) is 9.20. The van der Waals surface area contributed by atoms with E-state index in [1.807, 2.05) is 6.92 Å². The molecule has 112 valence electrons. The molecule has 4 heteroatoms. The van der Waals surface area contributed by atoms with Gasteiger partial charge >= 0.3 is 0 Å². The lowest BCUT2D eigenvalue weighted by Gasteiger charge is -1.99. The Labute approximate surface area is 117 Å². The Balaban J connectivity index is 0.000000275. The lowest BCUT2D eigenvalue weighted by atomic mass is 10.3. The van der Waals surface area contributed by atoms with Crippen molar-refractivity contribution in [3.63, 3.8) is 0 Å². The van der Waals surface area contributed by atoms with Gasteiger partial charge in [-0.2, -0.15) is 0 Å². The summed E-state index contributed by atoms with van der Waals surface area (Å²) in [6.07, 6.45) is 9.02. The van der Waals surface area contributed by atoms with E-state index in [1.54, 1.807) is 12.4 Å². The Morgan fingerprint density at radius 1 is 1.32 bits per heavy atom. The normalized spacial score (nSPS) is 15.9. The molecule has 0 saturated carbocycles. The van der Waals surface area contributed by atoms with E-state index in [0.29, 0.717) is 6.10 Å². The van der Waals surface area contributed by atoms with Gasteiger partial charge in [0.15, 0.2) is 0 Å². The number of ether oxygens (including phenoxy) is 2. The number of nitrogens with one attached hydrogen (secondary N) is 1. The van der Waals surface area contributed by atoms with Crippen molar-refractivity contribution in [3.8, 4) is 0 Å². The minimum Gasteiger partial charge on any atom is -0.381 e. The minimum atomic E-state index is 0.583. The highest BCUT2D eigenvalue weighted by Gasteiger charge is 2.13. The Bertz CT molecular complexity index is 253. The molecule has 2 heterocycles. The van der Waals surface area contributed by atoms with Crippen LogP contribution in [0, 0.1) is 6.92 Å². The van der Waals surface area contributed by atoms with Crippen molar-refractivity contribution in [2.45, 2.75) is 59.5 Å². The molecule has 0 spiro atoms. The highest BCUT2D eigenvalue weighted by molar-refractivity contribution is 4.80. The van der Waals surface area contributed by atoms with Crippen LogP contribution in [-0.4, -0.2) is 35.9 Å². The Morgan fingerprint density at radius 2 is 1.84 bits per heavy atom. The molecule has 0 aliphatic carbocycles. The summed E-state index contributed by atoms with van der Waals surface area (Å²) in [7, 11) is 0. The monoisotopic (exact) mass is 270 g/mol. The summed E-state index contributed by atoms with van der Waals surface area (Å²) < 4.78 is 10.0. The number of hydrogen-bond donors (Lipinski definition) is 1. The van der Waals surface area contributed by atoms with E-state index in [4.69, 9.17) is 9.47 Å². The molecule has 19 heavy (non-hydrogen) atoms. The molecule has 0 aromatic carbocycles. The molecule has 1 aromatic rings. The number of nitrogens with zero attached hydrogens (tertiary/aromatic N) is 1. The van der Waals surface area contributed by atoms with Gasteiger partial charge in [0.1, 0.15) is 5.82 Å². The Kier molecular flexibility index (Phi) is 12.9. The number of unbranched alkanes of at least 4 members (excludes halogenated alkanes) is 2. The fourth-order valence-corrected chi connectivity index (χ4v) is 1.04. The third-order valence-corrected chi connectivity index (χ3v) is 2.42. The number of hydrogen-bond acceptors (Lipinski definition) is 3. The van der Waals surface area contributed by atoms with Crippen molar-refractivity contribution in [2.75, 3.05) is 19.8 Å². The minimum absolute atomic E-state index is 0.583. The second-order valence-corrected chi connectivity index (χ2v) is 4.64. The van der Waals surface area contributed by atoms with Crippen LogP contribution in [0.2, 0.25) is 0 Å². The standard InChI is InChI=1S/C8H18O.C4H6N2.C3H6O/c1-3-5-7-9-8-6-4-2;1-4-5-2-3-6-4;1-3-2-4-3/h3-8H2,1-2H3;2-3H,1H3,(H,5,6);3H,2H2,1H3. The fraction of sp³-hybridized carbons (Fsp3) is 0.800. The lowest BCUT2D eigenvalue weighted by molar-refractivity contribution is 0.128. The molecule has 1 atom stereocenters. The number of aromatic amines is 1. The summed E-state index contributed by atoms with van der Waals surface area (Å²) >= 11 is 0. The second-order valence-electron chi connectivity index (χ2n) is 4.64. The van der Waals surface area contributed by atoms with E-state index in [2.05, 4.69) is 30.7 Å². The third-order valence-electron chi connectivity index (χ3n) is 2.42. The molecule has 1 aliphatic rings. The van der Waals surface area contributed by atoms with Gasteiger partial charge in [-0.3, -0.25) is 0 Å². The topological polar surface area (TPSA) is 50.4 Å². The van der Waals surface area contributed by atoms with Gasteiger partial charge in [-0.15, -0.1) is 0 Å². The van der Waals surface area contributed by atoms with Crippen LogP contribution in [0.25, 0.3) is 0 Å². The maximum Gasteiger partial charge on any atom is 0.102 e. The SMILES string of the molecule is CC1CO1.CCCCOCCCC.Cc1ncc[nH]1. The first-order valence-electron chi connectivity index (χ1n) is 7.36. The highest BCUT2D eigenvalue weighted by atomic mass is 16.6. The van der Waals surface area contributed by atoms with Gasteiger partial charge < -0.3 is 14.5 Å². The van der Waals surface area contributed by atoms with Gasteiger partial charge in [0.25, 0.3) is 0 Å². The predicted molar refractivity (Wildman–Crippen MR) is 79.4 cm³/mol. The van der Waals surface area contributed by atoms with Crippen molar-refractivity contribution in [1.29, 1.82) is 0 Å². The average molecular weight is 270 g/mol. The van der Waals surface area contributed by atoms with Gasteiger partial charge in [0.2, 0.25) is 0 Å². The number of rotatable bonds is 6. The van der Waals surface area contributed by atoms with Crippen LogP contribution in [0.4, 0.5) is 0 Å². The van der Waals surface area contributed by atoms with E-state index in [-0.39, 0.29) is 0 Å². The maximum atomic E-state index is 5.31. The van der Waals surface area contributed by atoms with E-state index >= 15 is 0 Å². The number of epoxide rings is 1. The molecule has 1 N–H and O–H groups in total. The van der Waals surface area contributed by atoms with Crippen LogP contribution < -0.4 is 0 Å². The summed E-state index contributed by atoms with van der Waals surface area (Å²) in [6.45, 7) is 11.2. The van der Waals surface area contributed by atoms with E-state index in [9.17, 15) is 0 Å². The molecule has 2 rings (SSSR count). The summed E-state index contributed by atoms with van der Waals surface area (Å²) in [6, 6.07) is 0.